The van der Waals surface area contributed by atoms with Crippen molar-refractivity contribution in [3.63, 3.8) is 0 Å². The smallest absolute Gasteiger partial charge is 0.161 e. The van der Waals surface area contributed by atoms with Gasteiger partial charge in [0, 0.05) is 17.6 Å². The van der Waals surface area contributed by atoms with Crippen LogP contribution in [0.15, 0.2) is 42.5 Å². The summed E-state index contributed by atoms with van der Waals surface area (Å²) in [6, 6.07) is 14.8. The first-order valence-electron chi connectivity index (χ1n) is 11.5. The first-order chi connectivity index (χ1) is 14.7. The van der Waals surface area contributed by atoms with Gasteiger partial charge in [-0.3, -0.25) is 0 Å². The van der Waals surface area contributed by atoms with E-state index < -0.39 is 0 Å². The summed E-state index contributed by atoms with van der Waals surface area (Å²) >= 11 is 6.09. The molecular weight excluding hydrogens is 394 g/mol. The largest absolute Gasteiger partial charge is 0.490 e. The Labute approximate surface area is 185 Å². The van der Waals surface area contributed by atoms with Gasteiger partial charge in [0.05, 0.1) is 6.61 Å². The average Bonchev–Trinajstić information content (AvgIpc) is 2.72. The van der Waals surface area contributed by atoms with Crippen molar-refractivity contribution in [2.75, 3.05) is 6.61 Å². The second-order valence-electron chi connectivity index (χ2n) is 9.47. The molecule has 2 aromatic rings. The van der Waals surface area contributed by atoms with Crippen molar-refractivity contribution in [2.45, 2.75) is 58.2 Å². The van der Waals surface area contributed by atoms with Crippen LogP contribution in [-0.2, 0) is 13.2 Å². The van der Waals surface area contributed by atoms with Gasteiger partial charge in [-0.1, -0.05) is 29.8 Å². The van der Waals surface area contributed by atoms with Crippen LogP contribution in [0.25, 0.3) is 0 Å². The normalized spacial score (nSPS) is 29.2. The van der Waals surface area contributed by atoms with E-state index in [-0.39, 0.29) is 0 Å². The summed E-state index contributed by atoms with van der Waals surface area (Å²) in [7, 11) is 0. The molecule has 4 aliphatic rings. The van der Waals surface area contributed by atoms with Crippen LogP contribution in [0.2, 0.25) is 5.02 Å². The third-order valence-electron chi connectivity index (χ3n) is 7.36. The van der Waals surface area contributed by atoms with Crippen molar-refractivity contribution in [1.82, 2.24) is 5.32 Å². The van der Waals surface area contributed by atoms with E-state index in [1.54, 1.807) is 0 Å². The topological polar surface area (TPSA) is 30.5 Å². The van der Waals surface area contributed by atoms with Crippen LogP contribution in [0.1, 0.15) is 50.2 Å². The number of ether oxygens (including phenoxy) is 2. The number of halogens is 1. The van der Waals surface area contributed by atoms with Crippen LogP contribution in [0.5, 0.6) is 11.5 Å². The Hall–Kier alpha value is -1.71. The van der Waals surface area contributed by atoms with Gasteiger partial charge < -0.3 is 14.8 Å². The van der Waals surface area contributed by atoms with Crippen LogP contribution in [0.4, 0.5) is 0 Å². The highest BCUT2D eigenvalue weighted by Crippen LogP contribution is 2.53. The molecule has 0 saturated heterocycles. The molecule has 0 aliphatic heterocycles. The summed E-state index contributed by atoms with van der Waals surface area (Å²) in [5, 5.41) is 4.65. The van der Waals surface area contributed by atoms with Gasteiger partial charge in [0.25, 0.3) is 0 Å². The van der Waals surface area contributed by atoms with Gasteiger partial charge in [-0.2, -0.15) is 0 Å². The monoisotopic (exact) mass is 425 g/mol. The van der Waals surface area contributed by atoms with Crippen molar-refractivity contribution < 1.29 is 9.47 Å². The number of benzene rings is 2. The lowest BCUT2D eigenvalue weighted by molar-refractivity contribution is -0.0142. The number of hydrogen-bond donors (Lipinski definition) is 1. The summed E-state index contributed by atoms with van der Waals surface area (Å²) in [6.07, 6.45) is 7.31. The van der Waals surface area contributed by atoms with E-state index in [1.807, 2.05) is 37.3 Å². The Balaban J connectivity index is 1.23. The van der Waals surface area contributed by atoms with Crippen molar-refractivity contribution in [3.05, 3.63) is 58.6 Å². The van der Waals surface area contributed by atoms with Crippen molar-refractivity contribution in [3.8, 4) is 11.5 Å². The van der Waals surface area contributed by atoms with Crippen molar-refractivity contribution in [2.24, 2.45) is 23.7 Å². The Morgan fingerprint density at radius 2 is 1.63 bits per heavy atom. The molecule has 0 unspecified atom stereocenters. The van der Waals surface area contributed by atoms with Gasteiger partial charge in [0.2, 0.25) is 0 Å². The lowest BCUT2D eigenvalue weighted by Crippen LogP contribution is -2.54. The third-order valence-corrected chi connectivity index (χ3v) is 7.60. The molecule has 4 saturated carbocycles. The maximum absolute atomic E-state index is 6.09. The fourth-order valence-electron chi connectivity index (χ4n) is 6.33. The third kappa shape index (κ3) is 4.33. The predicted octanol–water partition coefficient (Wildman–Crippen LogP) is 6.23. The molecule has 2 aromatic carbocycles. The quantitative estimate of drug-likeness (QED) is 0.543. The SMILES string of the molecule is CCOc1cc(CNC2C3CC4CC(C3)CC2C4)ccc1OCc1cccc(Cl)c1. The van der Waals surface area contributed by atoms with Crippen LogP contribution in [-0.4, -0.2) is 12.6 Å². The molecule has 30 heavy (non-hydrogen) atoms. The Kier molecular flexibility index (Phi) is 5.93. The summed E-state index contributed by atoms with van der Waals surface area (Å²) in [4.78, 5) is 0. The number of nitrogens with one attached hydrogen (secondary N) is 1. The second-order valence-corrected chi connectivity index (χ2v) is 9.91. The highest BCUT2D eigenvalue weighted by atomic mass is 35.5. The Morgan fingerprint density at radius 3 is 2.33 bits per heavy atom. The molecule has 1 N–H and O–H groups in total. The maximum atomic E-state index is 6.09. The standard InChI is InChI=1S/C26H32ClNO2/c1-2-29-25-14-17(6-7-24(25)30-16-18-4-3-5-23(27)13-18)15-28-26-21-9-19-8-20(11-21)12-22(26)10-19/h3-7,13-14,19-22,26,28H,2,8-12,15-16H2,1H3. The summed E-state index contributed by atoms with van der Waals surface area (Å²) in [5.74, 6) is 5.44. The molecule has 6 rings (SSSR count). The minimum absolute atomic E-state index is 0.478. The summed E-state index contributed by atoms with van der Waals surface area (Å²) in [6.45, 7) is 4.02. The zero-order chi connectivity index (χ0) is 20.5. The van der Waals surface area contributed by atoms with Gasteiger partial charge >= 0.3 is 0 Å². The van der Waals surface area contributed by atoms with Gasteiger partial charge in [0.1, 0.15) is 6.61 Å². The van der Waals surface area contributed by atoms with E-state index >= 15 is 0 Å². The molecule has 0 atom stereocenters. The van der Waals surface area contributed by atoms with E-state index in [2.05, 4.69) is 17.4 Å². The maximum Gasteiger partial charge on any atom is 0.161 e. The molecule has 4 aliphatic carbocycles. The van der Waals surface area contributed by atoms with E-state index in [4.69, 9.17) is 21.1 Å². The number of hydrogen-bond acceptors (Lipinski definition) is 3. The molecule has 0 heterocycles. The first-order valence-corrected chi connectivity index (χ1v) is 11.9. The molecule has 4 fully saturated rings. The average molecular weight is 426 g/mol. The lowest BCUT2D eigenvalue weighted by Gasteiger charge is -2.54. The highest BCUT2D eigenvalue weighted by molar-refractivity contribution is 6.30. The van der Waals surface area contributed by atoms with E-state index in [9.17, 15) is 0 Å². The van der Waals surface area contributed by atoms with Gasteiger partial charge in [-0.25, -0.2) is 0 Å². The van der Waals surface area contributed by atoms with E-state index in [0.717, 1.165) is 52.3 Å². The molecule has 4 bridgehead atoms. The Bertz CT molecular complexity index is 855. The molecule has 160 valence electrons. The van der Waals surface area contributed by atoms with Crippen LogP contribution >= 0.6 is 11.6 Å². The Morgan fingerprint density at radius 1 is 0.867 bits per heavy atom. The molecule has 3 nitrogen and oxygen atoms in total. The van der Waals surface area contributed by atoms with Gasteiger partial charge in [-0.05, 0) is 98.1 Å². The molecular formula is C26H32ClNO2. The highest BCUT2D eigenvalue weighted by Gasteiger charge is 2.47. The van der Waals surface area contributed by atoms with Crippen LogP contribution in [0.3, 0.4) is 0 Å². The minimum atomic E-state index is 0.478. The van der Waals surface area contributed by atoms with E-state index in [0.29, 0.717) is 19.3 Å². The zero-order valence-electron chi connectivity index (χ0n) is 17.8. The molecule has 0 aromatic heterocycles. The fraction of sp³-hybridized carbons (Fsp3) is 0.538. The number of rotatable bonds is 8. The summed E-state index contributed by atoms with van der Waals surface area (Å²) < 4.78 is 12.0. The fourth-order valence-corrected chi connectivity index (χ4v) is 6.54. The van der Waals surface area contributed by atoms with Crippen LogP contribution < -0.4 is 14.8 Å². The molecule has 0 spiro atoms. The first kappa shape index (κ1) is 20.2. The molecule has 0 radical (unpaired) electrons. The van der Waals surface area contributed by atoms with Gasteiger partial charge in [-0.15, -0.1) is 0 Å². The van der Waals surface area contributed by atoms with Crippen molar-refractivity contribution in [1.29, 1.82) is 0 Å². The summed E-state index contributed by atoms with van der Waals surface area (Å²) in [5.41, 5.74) is 2.32. The zero-order valence-corrected chi connectivity index (χ0v) is 18.5. The lowest BCUT2D eigenvalue weighted by atomic mass is 9.54. The molecule has 4 heteroatoms. The van der Waals surface area contributed by atoms with E-state index in [1.165, 1.54) is 37.7 Å². The van der Waals surface area contributed by atoms with Crippen LogP contribution in [0, 0.1) is 23.7 Å². The van der Waals surface area contributed by atoms with Crippen molar-refractivity contribution >= 4 is 11.6 Å². The molecule has 0 amide bonds. The minimum Gasteiger partial charge on any atom is -0.490 e. The van der Waals surface area contributed by atoms with Gasteiger partial charge in [0.15, 0.2) is 11.5 Å². The predicted molar refractivity (Wildman–Crippen MR) is 121 cm³/mol. The second kappa shape index (κ2) is 8.80.